The molecule has 1 saturated heterocycles. The number of hydrogen-bond donors (Lipinski definition) is 1. The van der Waals surface area contributed by atoms with E-state index >= 15 is 0 Å². The van der Waals surface area contributed by atoms with Crippen LogP contribution in [0.1, 0.15) is 19.3 Å². The van der Waals surface area contributed by atoms with Crippen molar-refractivity contribution in [2.45, 2.75) is 24.2 Å². The van der Waals surface area contributed by atoms with Crippen LogP contribution in [0.15, 0.2) is 77.7 Å². The number of amides is 1. The fourth-order valence-corrected chi connectivity index (χ4v) is 4.66. The molecule has 1 aliphatic rings. The largest absolute Gasteiger partial charge is 0.507 e. The van der Waals surface area contributed by atoms with Gasteiger partial charge in [0, 0.05) is 41.3 Å². The van der Waals surface area contributed by atoms with Gasteiger partial charge in [-0.25, -0.2) is 0 Å². The minimum absolute atomic E-state index is 0.250. The van der Waals surface area contributed by atoms with Crippen molar-refractivity contribution >= 4 is 17.7 Å². The Morgan fingerprint density at radius 1 is 0.862 bits per heavy atom. The highest BCUT2D eigenvalue weighted by molar-refractivity contribution is 7.99. The Hall–Kier alpha value is -2.72. The molecule has 3 aromatic rings. The van der Waals surface area contributed by atoms with E-state index in [2.05, 4.69) is 0 Å². The number of nitrogens with zero attached hydrogens (tertiary/aromatic N) is 1. The fourth-order valence-electron chi connectivity index (χ4n) is 3.75. The zero-order valence-corrected chi connectivity index (χ0v) is 17.2. The maximum atomic E-state index is 12.3. The van der Waals surface area contributed by atoms with Crippen LogP contribution in [0.25, 0.3) is 22.3 Å². The summed E-state index contributed by atoms with van der Waals surface area (Å²) in [6.07, 6.45) is 2.79. The molecule has 1 aliphatic heterocycles. The van der Waals surface area contributed by atoms with E-state index in [-0.39, 0.29) is 5.91 Å². The van der Waals surface area contributed by atoms with Crippen molar-refractivity contribution in [3.05, 3.63) is 72.8 Å². The molecule has 1 amide bonds. The molecule has 0 aliphatic carbocycles. The van der Waals surface area contributed by atoms with Gasteiger partial charge >= 0.3 is 0 Å². The van der Waals surface area contributed by atoms with E-state index in [4.69, 9.17) is 0 Å². The molecule has 3 aromatic carbocycles. The van der Waals surface area contributed by atoms with Crippen LogP contribution < -0.4 is 0 Å². The summed E-state index contributed by atoms with van der Waals surface area (Å²) in [5.74, 6) is 1.28. The summed E-state index contributed by atoms with van der Waals surface area (Å²) in [6.45, 7) is 1.80. The van der Waals surface area contributed by atoms with Crippen LogP contribution in [0.5, 0.6) is 5.75 Å². The SMILES string of the molecule is O=C(CCSc1cc(-c2ccccc2)c(O)c(-c2ccccc2)c1)N1CCCC1. The van der Waals surface area contributed by atoms with E-state index in [9.17, 15) is 9.90 Å². The maximum absolute atomic E-state index is 12.3. The molecule has 1 fully saturated rings. The molecular weight excluding hydrogens is 378 g/mol. The average molecular weight is 404 g/mol. The summed E-state index contributed by atoms with van der Waals surface area (Å²) in [7, 11) is 0. The topological polar surface area (TPSA) is 40.5 Å². The molecule has 4 rings (SSSR count). The van der Waals surface area contributed by atoms with Crippen LogP contribution in [-0.2, 0) is 4.79 Å². The molecule has 29 heavy (non-hydrogen) atoms. The summed E-state index contributed by atoms with van der Waals surface area (Å²) in [5.41, 5.74) is 3.61. The van der Waals surface area contributed by atoms with E-state index in [0.29, 0.717) is 12.2 Å². The number of thioether (sulfide) groups is 1. The summed E-state index contributed by atoms with van der Waals surface area (Å²) in [4.78, 5) is 15.4. The van der Waals surface area contributed by atoms with Gasteiger partial charge in [0.1, 0.15) is 5.75 Å². The van der Waals surface area contributed by atoms with Crippen LogP contribution in [0.2, 0.25) is 0 Å². The van der Waals surface area contributed by atoms with Crippen molar-refractivity contribution in [3.63, 3.8) is 0 Å². The molecule has 1 N–H and O–H groups in total. The molecular formula is C25H25NO2S. The van der Waals surface area contributed by atoms with Crippen molar-refractivity contribution in [2.24, 2.45) is 0 Å². The van der Waals surface area contributed by atoms with Crippen LogP contribution in [0, 0.1) is 0 Å². The number of phenols is 1. The smallest absolute Gasteiger partial charge is 0.223 e. The van der Waals surface area contributed by atoms with Gasteiger partial charge < -0.3 is 10.0 Å². The average Bonchev–Trinajstić information content (AvgIpc) is 3.31. The Morgan fingerprint density at radius 2 is 1.38 bits per heavy atom. The van der Waals surface area contributed by atoms with E-state index in [1.54, 1.807) is 11.8 Å². The first-order valence-electron chi connectivity index (χ1n) is 10.1. The standard InChI is InChI=1S/C25H25NO2S/c27-24(26-14-7-8-15-26)13-16-29-21-17-22(19-9-3-1-4-10-19)25(28)23(18-21)20-11-5-2-6-12-20/h1-6,9-12,17-18,28H,7-8,13-16H2. The minimum Gasteiger partial charge on any atom is -0.507 e. The Bertz CT molecular complexity index is 906. The molecule has 1 heterocycles. The summed E-state index contributed by atoms with van der Waals surface area (Å²) >= 11 is 1.68. The highest BCUT2D eigenvalue weighted by atomic mass is 32.2. The van der Waals surface area contributed by atoms with Crippen molar-refractivity contribution in [3.8, 4) is 28.0 Å². The highest BCUT2D eigenvalue weighted by Crippen LogP contribution is 2.41. The second-order valence-corrected chi connectivity index (χ2v) is 8.45. The maximum Gasteiger partial charge on any atom is 0.223 e. The summed E-state index contributed by atoms with van der Waals surface area (Å²) in [5, 5.41) is 11.0. The van der Waals surface area contributed by atoms with E-state index in [0.717, 1.165) is 58.8 Å². The summed E-state index contributed by atoms with van der Waals surface area (Å²) < 4.78 is 0. The fraction of sp³-hybridized carbons (Fsp3) is 0.240. The van der Waals surface area contributed by atoms with E-state index in [1.807, 2.05) is 77.7 Å². The molecule has 148 valence electrons. The van der Waals surface area contributed by atoms with Gasteiger partial charge in [-0.1, -0.05) is 60.7 Å². The number of benzene rings is 3. The molecule has 0 aromatic heterocycles. The van der Waals surface area contributed by atoms with Crippen molar-refractivity contribution < 1.29 is 9.90 Å². The van der Waals surface area contributed by atoms with Crippen LogP contribution >= 0.6 is 11.8 Å². The molecule has 0 radical (unpaired) electrons. The molecule has 0 spiro atoms. The predicted octanol–water partition coefficient (Wildman–Crippen LogP) is 5.83. The van der Waals surface area contributed by atoms with Gasteiger partial charge in [-0.15, -0.1) is 11.8 Å². The van der Waals surface area contributed by atoms with E-state index in [1.165, 1.54) is 0 Å². The molecule has 0 unspecified atom stereocenters. The van der Waals surface area contributed by atoms with E-state index < -0.39 is 0 Å². The quantitative estimate of drug-likeness (QED) is 0.526. The third kappa shape index (κ3) is 4.65. The number of aromatic hydroxyl groups is 1. The zero-order chi connectivity index (χ0) is 20.1. The number of likely N-dealkylation sites (tertiary alicyclic amines) is 1. The first-order chi connectivity index (χ1) is 14.2. The van der Waals surface area contributed by atoms with Crippen LogP contribution in [-0.4, -0.2) is 34.8 Å². The Kier molecular flexibility index (Phi) is 6.20. The van der Waals surface area contributed by atoms with Crippen molar-refractivity contribution in [2.75, 3.05) is 18.8 Å². The van der Waals surface area contributed by atoms with Gasteiger partial charge in [-0.2, -0.15) is 0 Å². The number of carbonyl (C=O) groups excluding carboxylic acids is 1. The second kappa shape index (κ2) is 9.19. The third-order valence-corrected chi connectivity index (χ3v) is 6.27. The first-order valence-corrected chi connectivity index (χ1v) is 11.1. The Labute approximate surface area is 176 Å². The molecule has 0 saturated carbocycles. The Balaban J connectivity index is 1.60. The first kappa shape index (κ1) is 19.6. The molecule has 0 bridgehead atoms. The van der Waals surface area contributed by atoms with Gasteiger partial charge in [-0.3, -0.25) is 4.79 Å². The van der Waals surface area contributed by atoms with Crippen LogP contribution in [0.4, 0.5) is 0 Å². The molecule has 4 heteroatoms. The van der Waals surface area contributed by atoms with Gasteiger partial charge in [0.05, 0.1) is 0 Å². The monoisotopic (exact) mass is 403 g/mol. The molecule has 0 atom stereocenters. The van der Waals surface area contributed by atoms with Crippen molar-refractivity contribution in [1.82, 2.24) is 4.90 Å². The lowest BCUT2D eigenvalue weighted by atomic mass is 9.97. The number of carbonyl (C=O) groups is 1. The van der Waals surface area contributed by atoms with Gasteiger partial charge in [0.15, 0.2) is 0 Å². The van der Waals surface area contributed by atoms with Gasteiger partial charge in [0.25, 0.3) is 0 Å². The van der Waals surface area contributed by atoms with Gasteiger partial charge in [-0.05, 0) is 36.1 Å². The number of hydrogen-bond acceptors (Lipinski definition) is 3. The normalized spacial score (nSPS) is 13.6. The lowest BCUT2D eigenvalue weighted by molar-refractivity contribution is -0.129. The predicted molar refractivity (Wildman–Crippen MR) is 120 cm³/mol. The second-order valence-electron chi connectivity index (χ2n) is 7.29. The van der Waals surface area contributed by atoms with Crippen LogP contribution in [0.3, 0.4) is 0 Å². The number of rotatable bonds is 6. The lowest BCUT2D eigenvalue weighted by Gasteiger charge is -2.16. The lowest BCUT2D eigenvalue weighted by Crippen LogP contribution is -2.27. The minimum atomic E-state index is 0.250. The zero-order valence-electron chi connectivity index (χ0n) is 16.4. The van der Waals surface area contributed by atoms with Gasteiger partial charge in [0.2, 0.25) is 5.91 Å². The molecule has 3 nitrogen and oxygen atoms in total. The van der Waals surface area contributed by atoms with Crippen molar-refractivity contribution in [1.29, 1.82) is 0 Å². The highest BCUT2D eigenvalue weighted by Gasteiger charge is 2.18. The third-order valence-electron chi connectivity index (χ3n) is 5.30. The number of phenolic OH excluding ortho intramolecular Hbond substituents is 1. The summed E-state index contributed by atoms with van der Waals surface area (Å²) in [6, 6.07) is 24.0. The Morgan fingerprint density at radius 3 is 1.90 bits per heavy atom.